The molecule has 1 saturated heterocycles. The Morgan fingerprint density at radius 1 is 0.971 bits per heavy atom. The van der Waals surface area contributed by atoms with Crippen molar-refractivity contribution < 1.29 is 26.3 Å². The molecule has 0 bridgehead atoms. The monoisotopic (exact) mass is 526 g/mol. The Bertz CT molecular complexity index is 1230. The lowest BCUT2D eigenvalue weighted by atomic mass is 10.1. The molecule has 0 aliphatic carbocycles. The minimum Gasteiger partial charge on any atom is -0.457 e. The van der Waals surface area contributed by atoms with Gasteiger partial charge in [-0.3, -0.25) is 0 Å². The summed E-state index contributed by atoms with van der Waals surface area (Å²) in [6.45, 7) is 2.81. The van der Waals surface area contributed by atoms with Crippen LogP contribution in [0.1, 0.15) is 23.4 Å². The third-order valence-corrected chi connectivity index (χ3v) is 8.12. The fourth-order valence-corrected chi connectivity index (χ4v) is 5.81. The van der Waals surface area contributed by atoms with Gasteiger partial charge in [0, 0.05) is 44.1 Å². The Morgan fingerprint density at radius 2 is 1.63 bits per heavy atom. The first-order valence-corrected chi connectivity index (χ1v) is 13.4. The topological polar surface area (TPSA) is 75.6 Å². The molecule has 7 nitrogen and oxygen atoms in total. The molecule has 0 atom stereocenters. The van der Waals surface area contributed by atoms with Gasteiger partial charge in [0.2, 0.25) is 15.2 Å². The average molecular weight is 527 g/mol. The molecule has 0 N–H and O–H groups in total. The van der Waals surface area contributed by atoms with Crippen molar-refractivity contribution >= 4 is 26.7 Å². The average Bonchev–Trinajstić information content (AvgIpc) is 3.08. The van der Waals surface area contributed by atoms with Crippen LogP contribution in [-0.2, 0) is 16.4 Å². The second kappa shape index (κ2) is 10.5. The summed E-state index contributed by atoms with van der Waals surface area (Å²) in [5, 5.41) is 0.634. The Hall–Kier alpha value is -2.70. The van der Waals surface area contributed by atoms with E-state index in [1.54, 1.807) is 0 Å². The Kier molecular flexibility index (Phi) is 7.62. The van der Waals surface area contributed by atoms with Gasteiger partial charge in [-0.15, -0.1) is 0 Å². The lowest BCUT2D eigenvalue weighted by Crippen LogP contribution is -2.40. The van der Waals surface area contributed by atoms with Crippen LogP contribution in [0.25, 0.3) is 0 Å². The molecular weight excluding hydrogens is 501 g/mol. The molecule has 2 aromatic carbocycles. The van der Waals surface area contributed by atoms with Gasteiger partial charge >= 0.3 is 6.18 Å². The van der Waals surface area contributed by atoms with E-state index in [9.17, 15) is 21.6 Å². The van der Waals surface area contributed by atoms with Gasteiger partial charge in [0.1, 0.15) is 17.3 Å². The maximum Gasteiger partial charge on any atom is 0.404 e. The zero-order chi connectivity index (χ0) is 25.1. The van der Waals surface area contributed by atoms with E-state index in [0.29, 0.717) is 30.3 Å². The maximum absolute atomic E-state index is 12.6. The van der Waals surface area contributed by atoms with Crippen LogP contribution in [0, 0.1) is 6.92 Å². The number of alkyl halides is 3. The smallest absolute Gasteiger partial charge is 0.404 e. The van der Waals surface area contributed by atoms with E-state index in [2.05, 4.69) is 9.36 Å². The third-order valence-electron chi connectivity index (χ3n) is 5.46. The van der Waals surface area contributed by atoms with Crippen molar-refractivity contribution in [2.24, 2.45) is 0 Å². The van der Waals surface area contributed by atoms with Gasteiger partial charge in [0.05, 0.1) is 0 Å². The molecule has 2 heterocycles. The molecule has 0 spiro atoms. The fraction of sp³-hybridized carbons (Fsp3) is 0.391. The van der Waals surface area contributed by atoms with Crippen molar-refractivity contribution in [3.8, 4) is 11.5 Å². The number of aromatic nitrogens is 2. The highest BCUT2D eigenvalue weighted by Crippen LogP contribution is 2.25. The normalized spacial score (nSPS) is 15.7. The largest absolute Gasteiger partial charge is 0.457 e. The number of sulfonamides is 1. The minimum absolute atomic E-state index is 0.0181. The van der Waals surface area contributed by atoms with E-state index < -0.39 is 22.0 Å². The van der Waals surface area contributed by atoms with Crippen molar-refractivity contribution in [3.05, 3.63) is 65.5 Å². The van der Waals surface area contributed by atoms with Crippen LogP contribution in [-0.4, -0.2) is 60.2 Å². The Balaban J connectivity index is 1.34. The fourth-order valence-electron chi connectivity index (χ4n) is 3.71. The van der Waals surface area contributed by atoms with Crippen LogP contribution in [0.15, 0.2) is 48.5 Å². The van der Waals surface area contributed by atoms with Crippen LogP contribution >= 0.6 is 11.5 Å². The second-order valence-electron chi connectivity index (χ2n) is 8.34. The quantitative estimate of drug-likeness (QED) is 0.447. The first-order valence-electron chi connectivity index (χ1n) is 11.0. The number of ether oxygens (including phenoxy) is 1. The highest BCUT2D eigenvalue weighted by molar-refractivity contribution is 7.89. The van der Waals surface area contributed by atoms with E-state index in [1.165, 1.54) is 11.5 Å². The van der Waals surface area contributed by atoms with Gasteiger partial charge in [0.25, 0.3) is 0 Å². The van der Waals surface area contributed by atoms with Gasteiger partial charge in [-0.25, -0.2) is 13.4 Å². The van der Waals surface area contributed by atoms with E-state index in [4.69, 9.17) is 4.74 Å². The standard InChI is InChI=1S/C23H25F3N4O3S2/c1-17-3-7-19(8-4-17)33-20-9-5-18(6-10-20)15-21-27-22(34-28-21)29-11-2-12-30(14-13-29)35(31,32)16-23(24,25)26/h3-10H,2,11-16H2,1H3. The van der Waals surface area contributed by atoms with Crippen LogP contribution in [0.4, 0.5) is 18.3 Å². The van der Waals surface area contributed by atoms with Gasteiger partial charge in [-0.1, -0.05) is 29.8 Å². The summed E-state index contributed by atoms with van der Waals surface area (Å²) in [5.41, 5.74) is 2.16. The van der Waals surface area contributed by atoms with Crippen LogP contribution in [0.5, 0.6) is 11.5 Å². The van der Waals surface area contributed by atoms with Crippen LogP contribution in [0.2, 0.25) is 0 Å². The number of hydrogen-bond acceptors (Lipinski definition) is 7. The first-order chi connectivity index (χ1) is 16.6. The molecule has 0 radical (unpaired) electrons. The minimum atomic E-state index is -4.76. The summed E-state index contributed by atoms with van der Waals surface area (Å²) in [6.07, 6.45) is -3.83. The molecule has 1 fully saturated rings. The van der Waals surface area contributed by atoms with Crippen molar-refractivity contribution in [2.45, 2.75) is 25.9 Å². The molecule has 1 aromatic heterocycles. The molecule has 0 amide bonds. The van der Waals surface area contributed by atoms with Crippen molar-refractivity contribution in [2.75, 3.05) is 36.8 Å². The zero-order valence-electron chi connectivity index (χ0n) is 19.0. The molecule has 35 heavy (non-hydrogen) atoms. The highest BCUT2D eigenvalue weighted by atomic mass is 32.2. The first kappa shape index (κ1) is 25.4. The Morgan fingerprint density at radius 3 is 2.29 bits per heavy atom. The molecule has 0 unspecified atom stereocenters. The van der Waals surface area contributed by atoms with E-state index in [1.807, 2.05) is 60.4 Å². The van der Waals surface area contributed by atoms with Gasteiger partial charge < -0.3 is 9.64 Å². The second-order valence-corrected chi connectivity index (χ2v) is 11.0. The molecule has 3 aromatic rings. The molecule has 1 aliphatic rings. The number of halogens is 3. The summed E-state index contributed by atoms with van der Waals surface area (Å²) < 4.78 is 73.2. The number of anilines is 1. The molecular formula is C23H25F3N4O3S2. The maximum atomic E-state index is 12.6. The number of benzene rings is 2. The molecule has 12 heteroatoms. The molecule has 0 saturated carbocycles. The summed E-state index contributed by atoms with van der Waals surface area (Å²) in [7, 11) is -4.39. The summed E-state index contributed by atoms with van der Waals surface area (Å²) >= 11 is 1.20. The predicted molar refractivity (Wildman–Crippen MR) is 129 cm³/mol. The van der Waals surface area contributed by atoms with Crippen molar-refractivity contribution in [1.82, 2.24) is 13.7 Å². The van der Waals surface area contributed by atoms with Crippen LogP contribution < -0.4 is 9.64 Å². The number of rotatable bonds is 7. The van der Waals surface area contributed by atoms with Gasteiger partial charge in [-0.05, 0) is 43.2 Å². The molecule has 1 aliphatic heterocycles. The number of hydrogen-bond donors (Lipinski definition) is 0. The van der Waals surface area contributed by atoms with E-state index in [-0.39, 0.29) is 19.6 Å². The Labute approximate surface area is 206 Å². The summed E-state index contributed by atoms with van der Waals surface area (Å²) in [4.78, 5) is 6.45. The van der Waals surface area contributed by atoms with Crippen molar-refractivity contribution in [1.29, 1.82) is 0 Å². The number of aryl methyl sites for hydroxylation is 1. The molecule has 4 rings (SSSR count). The van der Waals surface area contributed by atoms with E-state index >= 15 is 0 Å². The lowest BCUT2D eigenvalue weighted by molar-refractivity contribution is -0.107. The number of nitrogens with zero attached hydrogens (tertiary/aromatic N) is 4. The zero-order valence-corrected chi connectivity index (χ0v) is 20.7. The summed E-state index contributed by atoms with van der Waals surface area (Å²) in [5.74, 6) is 0.274. The van der Waals surface area contributed by atoms with Gasteiger partial charge in [-0.2, -0.15) is 21.9 Å². The SMILES string of the molecule is Cc1ccc(Oc2ccc(Cc3nsc(N4CCCN(S(=O)(=O)CC(F)(F)F)CC4)n3)cc2)cc1. The summed E-state index contributed by atoms with van der Waals surface area (Å²) in [6, 6.07) is 15.5. The predicted octanol–water partition coefficient (Wildman–Crippen LogP) is 4.63. The van der Waals surface area contributed by atoms with Crippen LogP contribution in [0.3, 0.4) is 0 Å². The lowest BCUT2D eigenvalue weighted by Gasteiger charge is -2.21. The van der Waals surface area contributed by atoms with E-state index in [0.717, 1.165) is 26.9 Å². The highest BCUT2D eigenvalue weighted by Gasteiger charge is 2.38. The third kappa shape index (κ3) is 7.15. The van der Waals surface area contributed by atoms with Crippen molar-refractivity contribution in [3.63, 3.8) is 0 Å². The van der Waals surface area contributed by atoms with Gasteiger partial charge in [0.15, 0.2) is 5.75 Å². The molecule has 188 valence electrons.